The normalized spacial score (nSPS) is 11.9. The first-order chi connectivity index (χ1) is 16.8. The molecule has 1 atom stereocenters. The molecule has 1 amide bonds. The maximum atomic E-state index is 14.1. The molecular weight excluding hydrogens is 450 g/mol. The molecule has 8 heteroatoms. The molecule has 35 heavy (non-hydrogen) atoms. The Hall–Kier alpha value is -4.04. The molecule has 6 nitrogen and oxygen atoms in total. The lowest BCUT2D eigenvalue weighted by Gasteiger charge is -2.18. The first-order valence-corrected chi connectivity index (χ1v) is 11.1. The molecule has 0 bridgehead atoms. The molecule has 0 fully saturated rings. The van der Waals surface area contributed by atoms with Crippen LogP contribution >= 0.6 is 0 Å². The van der Waals surface area contributed by atoms with Crippen LogP contribution in [0.15, 0.2) is 61.3 Å². The number of nitrogens with two attached hydrogens (primary N) is 1. The zero-order valence-corrected chi connectivity index (χ0v) is 19.5. The number of carbonyl (C=O) groups is 1. The summed E-state index contributed by atoms with van der Waals surface area (Å²) in [5.74, 6) is -1.43. The van der Waals surface area contributed by atoms with Gasteiger partial charge in [-0.3, -0.25) is 9.20 Å². The molecule has 0 radical (unpaired) electrons. The molecule has 0 aliphatic carbocycles. The van der Waals surface area contributed by atoms with E-state index in [0.29, 0.717) is 22.8 Å². The number of hydrogen-bond acceptors (Lipinski definition) is 4. The Balaban J connectivity index is 1.65. The van der Waals surface area contributed by atoms with E-state index in [2.05, 4.69) is 16.9 Å². The van der Waals surface area contributed by atoms with Crippen molar-refractivity contribution in [2.45, 2.75) is 26.5 Å². The van der Waals surface area contributed by atoms with Crippen LogP contribution in [-0.2, 0) is 6.61 Å². The Morgan fingerprint density at radius 1 is 1.20 bits per heavy atom. The number of benzene rings is 2. The number of imidazole rings is 1. The third kappa shape index (κ3) is 4.93. The Kier molecular flexibility index (Phi) is 6.93. The molecule has 3 N–H and O–H groups in total. The number of pyridine rings is 1. The molecular formula is C27H26F2N4O2. The van der Waals surface area contributed by atoms with Crippen LogP contribution in [0, 0.1) is 25.5 Å². The predicted molar refractivity (Wildman–Crippen MR) is 131 cm³/mol. The Labute approximate surface area is 202 Å². The Morgan fingerprint density at radius 3 is 2.60 bits per heavy atom. The van der Waals surface area contributed by atoms with Crippen molar-refractivity contribution < 1.29 is 18.3 Å². The van der Waals surface area contributed by atoms with Crippen molar-refractivity contribution in [1.29, 1.82) is 0 Å². The average molecular weight is 477 g/mol. The van der Waals surface area contributed by atoms with Gasteiger partial charge in [-0.25, -0.2) is 13.8 Å². The molecule has 4 aromatic rings. The summed E-state index contributed by atoms with van der Waals surface area (Å²) in [6.45, 7) is 7.21. The Morgan fingerprint density at radius 2 is 1.91 bits per heavy atom. The monoisotopic (exact) mass is 476 g/mol. The molecule has 2 aromatic carbocycles. The van der Waals surface area contributed by atoms with E-state index in [1.165, 1.54) is 18.2 Å². The van der Waals surface area contributed by atoms with E-state index in [0.717, 1.165) is 16.7 Å². The zero-order valence-electron chi connectivity index (χ0n) is 19.5. The van der Waals surface area contributed by atoms with Gasteiger partial charge in [-0.1, -0.05) is 36.9 Å². The van der Waals surface area contributed by atoms with E-state index in [-0.39, 0.29) is 24.6 Å². The lowest BCUT2D eigenvalue weighted by atomic mass is 10.0. The van der Waals surface area contributed by atoms with Crippen molar-refractivity contribution in [3.05, 3.63) is 107 Å². The van der Waals surface area contributed by atoms with Gasteiger partial charge in [-0.15, -0.1) is 0 Å². The highest BCUT2D eigenvalue weighted by Crippen LogP contribution is 2.26. The van der Waals surface area contributed by atoms with E-state index in [1.54, 1.807) is 29.7 Å². The lowest BCUT2D eigenvalue weighted by Crippen LogP contribution is -2.34. The number of nitrogens with one attached hydrogen (secondary N) is 1. The standard InChI is InChI=1S/C27H26F2N4O2/c1-4-18-7-5-8-19(12-18)23(13-30)32-27(34)25-17(3)31-26-24(11-16(2)14-33(25)26)35-15-20-21(28)9-6-10-22(20)29/h4-12,14,23H,1,13,15,30H2,2-3H3,(H,32,34). The summed E-state index contributed by atoms with van der Waals surface area (Å²) in [6.07, 6.45) is 3.49. The minimum absolute atomic E-state index is 0.180. The average Bonchev–Trinajstić information content (AvgIpc) is 3.17. The van der Waals surface area contributed by atoms with Gasteiger partial charge < -0.3 is 15.8 Å². The lowest BCUT2D eigenvalue weighted by molar-refractivity contribution is 0.0931. The third-order valence-corrected chi connectivity index (χ3v) is 5.74. The van der Waals surface area contributed by atoms with Crippen molar-refractivity contribution >= 4 is 17.6 Å². The third-order valence-electron chi connectivity index (χ3n) is 5.74. The summed E-state index contributed by atoms with van der Waals surface area (Å²) in [5.41, 5.74) is 9.52. The fourth-order valence-corrected chi connectivity index (χ4v) is 3.97. The van der Waals surface area contributed by atoms with Crippen LogP contribution in [0.2, 0.25) is 0 Å². The maximum Gasteiger partial charge on any atom is 0.270 e. The summed E-state index contributed by atoms with van der Waals surface area (Å²) >= 11 is 0. The predicted octanol–water partition coefficient (Wildman–Crippen LogP) is 4.88. The van der Waals surface area contributed by atoms with Crippen molar-refractivity contribution in [1.82, 2.24) is 14.7 Å². The van der Waals surface area contributed by atoms with Gasteiger partial charge in [0.1, 0.15) is 23.9 Å². The number of nitrogens with zero attached hydrogens (tertiary/aromatic N) is 2. The van der Waals surface area contributed by atoms with Crippen molar-refractivity contribution in [2.75, 3.05) is 6.54 Å². The highest BCUT2D eigenvalue weighted by atomic mass is 19.1. The molecule has 2 aromatic heterocycles. The van der Waals surface area contributed by atoms with Crippen LogP contribution in [0.4, 0.5) is 8.78 Å². The summed E-state index contributed by atoms with van der Waals surface area (Å²) in [7, 11) is 0. The molecule has 0 saturated heterocycles. The number of carbonyl (C=O) groups excluding carboxylic acids is 1. The van der Waals surface area contributed by atoms with Crippen LogP contribution in [0.5, 0.6) is 5.75 Å². The smallest absolute Gasteiger partial charge is 0.270 e. The SMILES string of the molecule is C=Cc1cccc(C(CN)NC(=O)c2c(C)nc3c(OCc4c(F)cccc4F)cc(C)cn23)c1. The van der Waals surface area contributed by atoms with Crippen LogP contribution in [0.25, 0.3) is 11.7 Å². The van der Waals surface area contributed by atoms with Gasteiger partial charge in [-0.05, 0) is 54.8 Å². The highest BCUT2D eigenvalue weighted by molar-refractivity contribution is 5.95. The van der Waals surface area contributed by atoms with Crippen molar-refractivity contribution in [3.63, 3.8) is 0 Å². The van der Waals surface area contributed by atoms with Crippen LogP contribution < -0.4 is 15.8 Å². The van der Waals surface area contributed by atoms with E-state index >= 15 is 0 Å². The first-order valence-electron chi connectivity index (χ1n) is 11.1. The van der Waals surface area contributed by atoms with E-state index in [9.17, 15) is 13.6 Å². The van der Waals surface area contributed by atoms with Crippen LogP contribution in [0.3, 0.4) is 0 Å². The molecule has 0 aliphatic rings. The summed E-state index contributed by atoms with van der Waals surface area (Å²) in [5, 5.41) is 2.98. The van der Waals surface area contributed by atoms with Gasteiger partial charge in [0.2, 0.25) is 0 Å². The number of fused-ring (bicyclic) bond motifs is 1. The van der Waals surface area contributed by atoms with E-state index in [4.69, 9.17) is 10.5 Å². The fraction of sp³-hybridized carbons (Fsp3) is 0.185. The second kappa shape index (κ2) is 10.1. The summed E-state index contributed by atoms with van der Waals surface area (Å²) in [6, 6.07) is 12.5. The van der Waals surface area contributed by atoms with Crippen LogP contribution in [0.1, 0.15) is 44.5 Å². The molecule has 0 aliphatic heterocycles. The zero-order chi connectivity index (χ0) is 25.1. The minimum atomic E-state index is -0.693. The number of rotatable bonds is 8. The van der Waals surface area contributed by atoms with Gasteiger partial charge in [0.25, 0.3) is 5.91 Å². The Bertz CT molecular complexity index is 1390. The molecule has 2 heterocycles. The number of halogens is 2. The molecule has 0 saturated carbocycles. The van der Waals surface area contributed by atoms with E-state index in [1.807, 2.05) is 31.2 Å². The quantitative estimate of drug-likeness (QED) is 0.380. The molecule has 1 unspecified atom stereocenters. The second-order valence-electron chi connectivity index (χ2n) is 8.25. The van der Waals surface area contributed by atoms with Crippen molar-refractivity contribution in [2.24, 2.45) is 5.73 Å². The molecule has 180 valence electrons. The number of ether oxygens (including phenoxy) is 1. The maximum absolute atomic E-state index is 14.1. The summed E-state index contributed by atoms with van der Waals surface area (Å²) < 4.78 is 35.5. The number of aryl methyl sites for hydroxylation is 2. The topological polar surface area (TPSA) is 81.6 Å². The second-order valence-corrected chi connectivity index (χ2v) is 8.25. The largest absolute Gasteiger partial charge is 0.485 e. The van der Waals surface area contributed by atoms with E-state index < -0.39 is 17.7 Å². The van der Waals surface area contributed by atoms with Gasteiger partial charge in [0.05, 0.1) is 17.3 Å². The summed E-state index contributed by atoms with van der Waals surface area (Å²) in [4.78, 5) is 17.9. The first kappa shape index (κ1) is 24.1. The number of amides is 1. The van der Waals surface area contributed by atoms with Gasteiger partial charge in [0.15, 0.2) is 11.4 Å². The number of hydrogen-bond donors (Lipinski definition) is 2. The number of aromatic nitrogens is 2. The molecule has 0 spiro atoms. The van der Waals surface area contributed by atoms with Crippen molar-refractivity contribution in [3.8, 4) is 5.75 Å². The fourth-order valence-electron chi connectivity index (χ4n) is 3.97. The minimum Gasteiger partial charge on any atom is -0.485 e. The van der Waals surface area contributed by atoms with Gasteiger partial charge in [0, 0.05) is 12.7 Å². The highest BCUT2D eigenvalue weighted by Gasteiger charge is 2.23. The van der Waals surface area contributed by atoms with Crippen LogP contribution in [-0.4, -0.2) is 21.8 Å². The molecule has 4 rings (SSSR count). The van der Waals surface area contributed by atoms with Gasteiger partial charge >= 0.3 is 0 Å². The van der Waals surface area contributed by atoms with Gasteiger partial charge in [-0.2, -0.15) is 0 Å².